The Hall–Kier alpha value is -3.88. The molecule has 1 N–H and O–H groups in total. The molecule has 0 unspecified atom stereocenters. The first kappa shape index (κ1) is 19.9. The summed E-state index contributed by atoms with van der Waals surface area (Å²) < 4.78 is 12.2. The number of aromatic nitrogens is 2. The fourth-order valence-corrected chi connectivity index (χ4v) is 2.69. The second-order valence-corrected chi connectivity index (χ2v) is 6.35. The van der Waals surface area contributed by atoms with Crippen LogP contribution in [0.3, 0.4) is 0 Å². The molecule has 0 fully saturated rings. The van der Waals surface area contributed by atoms with Crippen molar-refractivity contribution >= 4 is 17.4 Å². The summed E-state index contributed by atoms with van der Waals surface area (Å²) in [4.78, 5) is 22.8. The second kappa shape index (κ2) is 8.42. The van der Waals surface area contributed by atoms with Gasteiger partial charge in [-0.15, -0.1) is 0 Å². The lowest BCUT2D eigenvalue weighted by molar-refractivity contribution is -0.385. The van der Waals surface area contributed by atoms with Crippen molar-refractivity contribution in [3.63, 3.8) is 0 Å². The van der Waals surface area contributed by atoms with Crippen molar-refractivity contribution in [3.8, 4) is 17.2 Å². The molecule has 0 aliphatic heterocycles. The number of nitrogens with zero attached hydrogens (tertiary/aromatic N) is 3. The maximum atomic E-state index is 12.4. The Balaban J connectivity index is 1.73. The summed E-state index contributed by atoms with van der Waals surface area (Å²) in [5, 5.41) is 18.1. The molecule has 0 bridgehead atoms. The van der Waals surface area contributed by atoms with E-state index in [0.717, 1.165) is 16.9 Å². The van der Waals surface area contributed by atoms with Gasteiger partial charge in [0.1, 0.15) is 5.82 Å². The Morgan fingerprint density at radius 3 is 2.52 bits per heavy atom. The van der Waals surface area contributed by atoms with Crippen LogP contribution in [0.15, 0.2) is 48.5 Å². The van der Waals surface area contributed by atoms with E-state index >= 15 is 0 Å². The zero-order chi connectivity index (χ0) is 21.0. The number of nitrogens with one attached hydrogen (secondary N) is 1. The third-order valence-electron chi connectivity index (χ3n) is 4.09. The number of hydrogen-bond donors (Lipinski definition) is 1. The van der Waals surface area contributed by atoms with Gasteiger partial charge in [0.25, 0.3) is 11.6 Å². The number of anilines is 1. The zero-order valence-electron chi connectivity index (χ0n) is 16.2. The van der Waals surface area contributed by atoms with E-state index in [0.29, 0.717) is 11.6 Å². The van der Waals surface area contributed by atoms with Crippen molar-refractivity contribution in [2.75, 3.05) is 19.0 Å². The molecular formula is C20H20N4O5. The highest BCUT2D eigenvalue weighted by Gasteiger charge is 2.15. The smallest absolute Gasteiger partial charge is 0.273 e. The largest absolute Gasteiger partial charge is 0.493 e. The Bertz CT molecular complexity index is 1040. The van der Waals surface area contributed by atoms with Crippen molar-refractivity contribution in [2.24, 2.45) is 0 Å². The van der Waals surface area contributed by atoms with Crippen LogP contribution in [0.25, 0.3) is 5.69 Å². The number of aryl methyl sites for hydroxylation is 2. The molecule has 3 aromatic rings. The van der Waals surface area contributed by atoms with Crippen LogP contribution in [-0.2, 0) is 4.79 Å². The van der Waals surface area contributed by atoms with Crippen LogP contribution in [0.5, 0.6) is 11.5 Å². The maximum Gasteiger partial charge on any atom is 0.273 e. The first-order chi connectivity index (χ1) is 13.9. The molecule has 1 amide bonds. The summed E-state index contributed by atoms with van der Waals surface area (Å²) in [6.07, 6.45) is 0. The van der Waals surface area contributed by atoms with Crippen LogP contribution >= 0.6 is 0 Å². The van der Waals surface area contributed by atoms with Crippen LogP contribution in [-0.4, -0.2) is 34.3 Å². The number of non-ortho nitro benzene ring substituents is 1. The Kier molecular flexibility index (Phi) is 5.77. The molecule has 3 rings (SSSR count). The van der Waals surface area contributed by atoms with Crippen LogP contribution in [0, 0.1) is 24.0 Å². The summed E-state index contributed by atoms with van der Waals surface area (Å²) in [5.74, 6) is 0.460. The Morgan fingerprint density at radius 1 is 1.14 bits per heavy atom. The van der Waals surface area contributed by atoms with Crippen LogP contribution in [0.4, 0.5) is 11.5 Å². The molecule has 0 radical (unpaired) electrons. The summed E-state index contributed by atoms with van der Waals surface area (Å²) in [7, 11) is 1.41. The van der Waals surface area contributed by atoms with Gasteiger partial charge < -0.3 is 14.8 Å². The molecular weight excluding hydrogens is 376 g/mol. The van der Waals surface area contributed by atoms with Crippen LogP contribution in [0.2, 0.25) is 0 Å². The number of methoxy groups -OCH3 is 1. The quantitative estimate of drug-likeness (QED) is 0.484. The lowest BCUT2D eigenvalue weighted by Gasteiger charge is -2.12. The highest BCUT2D eigenvalue weighted by atomic mass is 16.6. The van der Waals surface area contributed by atoms with Gasteiger partial charge in [0.2, 0.25) is 0 Å². The molecule has 0 saturated carbocycles. The van der Waals surface area contributed by atoms with Gasteiger partial charge in [-0.25, -0.2) is 4.68 Å². The van der Waals surface area contributed by atoms with Crippen molar-refractivity contribution in [2.45, 2.75) is 13.8 Å². The number of nitro benzene ring substituents is 1. The van der Waals surface area contributed by atoms with E-state index in [9.17, 15) is 14.9 Å². The molecule has 0 atom stereocenters. The molecule has 1 heterocycles. The molecule has 0 aliphatic rings. The number of benzene rings is 2. The maximum absolute atomic E-state index is 12.4. The Morgan fingerprint density at radius 2 is 1.86 bits per heavy atom. The molecule has 9 heteroatoms. The molecule has 1 aromatic heterocycles. The fourth-order valence-electron chi connectivity index (χ4n) is 2.69. The molecule has 0 spiro atoms. The first-order valence-corrected chi connectivity index (χ1v) is 8.76. The first-order valence-electron chi connectivity index (χ1n) is 8.76. The highest BCUT2D eigenvalue weighted by Crippen LogP contribution is 2.31. The van der Waals surface area contributed by atoms with E-state index in [1.54, 1.807) is 10.7 Å². The minimum Gasteiger partial charge on any atom is -0.493 e. The minimum absolute atomic E-state index is 0.111. The van der Waals surface area contributed by atoms with Crippen molar-refractivity contribution < 1.29 is 19.2 Å². The van der Waals surface area contributed by atoms with Gasteiger partial charge in [-0.05, 0) is 32.0 Å². The van der Waals surface area contributed by atoms with Crippen LogP contribution in [0.1, 0.15) is 11.3 Å². The fraction of sp³-hybridized carbons (Fsp3) is 0.200. The summed E-state index contributed by atoms with van der Waals surface area (Å²) in [5.41, 5.74) is 2.50. The van der Waals surface area contributed by atoms with Gasteiger partial charge in [-0.3, -0.25) is 14.9 Å². The number of ether oxygens (including phenoxy) is 2. The predicted molar refractivity (Wildman–Crippen MR) is 107 cm³/mol. The molecule has 0 saturated heterocycles. The van der Waals surface area contributed by atoms with Gasteiger partial charge in [-0.2, -0.15) is 5.10 Å². The average Bonchev–Trinajstić information content (AvgIpc) is 3.06. The summed E-state index contributed by atoms with van der Waals surface area (Å²) in [6, 6.07) is 13.4. The molecule has 2 aromatic carbocycles. The van der Waals surface area contributed by atoms with Gasteiger partial charge in [-0.1, -0.05) is 17.7 Å². The van der Waals surface area contributed by atoms with Crippen molar-refractivity contribution in [3.05, 3.63) is 69.9 Å². The van der Waals surface area contributed by atoms with E-state index in [-0.39, 0.29) is 18.0 Å². The number of nitro groups is 1. The number of rotatable bonds is 7. The normalized spacial score (nSPS) is 10.4. The summed E-state index contributed by atoms with van der Waals surface area (Å²) >= 11 is 0. The van der Waals surface area contributed by atoms with Crippen molar-refractivity contribution in [1.29, 1.82) is 0 Å². The highest BCUT2D eigenvalue weighted by molar-refractivity contribution is 5.91. The number of carbonyl (C=O) groups excluding carboxylic acids is 1. The van der Waals surface area contributed by atoms with Crippen molar-refractivity contribution in [1.82, 2.24) is 9.78 Å². The third kappa shape index (κ3) is 4.70. The minimum atomic E-state index is -0.546. The van der Waals surface area contributed by atoms with E-state index in [1.807, 2.05) is 38.1 Å². The summed E-state index contributed by atoms with van der Waals surface area (Å²) in [6.45, 7) is 3.46. The predicted octanol–water partition coefficient (Wildman–Crippen LogP) is 3.42. The van der Waals surface area contributed by atoms with E-state index < -0.39 is 10.8 Å². The lowest BCUT2D eigenvalue weighted by atomic mass is 10.2. The number of hydrogen-bond acceptors (Lipinski definition) is 6. The molecule has 0 aliphatic carbocycles. The van der Waals surface area contributed by atoms with Gasteiger partial charge in [0, 0.05) is 12.1 Å². The SMILES string of the molecule is COc1ccc([N+](=O)[O-])cc1OCC(=O)Nc1cc(C)nn1-c1ccc(C)cc1. The number of amides is 1. The van der Waals surface area contributed by atoms with Gasteiger partial charge >= 0.3 is 0 Å². The van der Waals surface area contributed by atoms with Gasteiger partial charge in [0.05, 0.1) is 29.5 Å². The lowest BCUT2D eigenvalue weighted by Crippen LogP contribution is -2.22. The van der Waals surface area contributed by atoms with Gasteiger partial charge in [0.15, 0.2) is 18.1 Å². The van der Waals surface area contributed by atoms with E-state index in [4.69, 9.17) is 9.47 Å². The average molecular weight is 396 g/mol. The zero-order valence-corrected chi connectivity index (χ0v) is 16.2. The molecule has 9 nitrogen and oxygen atoms in total. The standard InChI is InChI=1S/C20H20N4O5/c1-13-4-6-15(7-5-13)23-19(10-14(2)22-23)21-20(25)12-29-18-11-16(24(26)27)8-9-17(18)28-3/h4-11H,12H2,1-3H3,(H,21,25). The monoisotopic (exact) mass is 396 g/mol. The second-order valence-electron chi connectivity index (χ2n) is 6.35. The van der Waals surface area contributed by atoms with E-state index in [1.165, 1.54) is 25.3 Å². The Labute approximate surface area is 167 Å². The topological polar surface area (TPSA) is 109 Å². The third-order valence-corrected chi connectivity index (χ3v) is 4.09. The molecule has 29 heavy (non-hydrogen) atoms. The van der Waals surface area contributed by atoms with E-state index in [2.05, 4.69) is 10.4 Å². The number of carbonyl (C=O) groups is 1. The molecule has 150 valence electrons. The van der Waals surface area contributed by atoms with Crippen LogP contribution < -0.4 is 14.8 Å².